The summed E-state index contributed by atoms with van der Waals surface area (Å²) in [5, 5.41) is 5.83. The Labute approximate surface area is 166 Å². The van der Waals surface area contributed by atoms with E-state index in [4.69, 9.17) is 4.74 Å². The van der Waals surface area contributed by atoms with Gasteiger partial charge in [0.25, 0.3) is 5.91 Å². The lowest BCUT2D eigenvalue weighted by Crippen LogP contribution is -2.50. The number of nitrogens with zero attached hydrogens (tertiary/aromatic N) is 2. The molecule has 1 unspecified atom stereocenters. The molecule has 2 aromatic rings. The molecule has 0 aliphatic carbocycles. The maximum atomic E-state index is 12.6. The van der Waals surface area contributed by atoms with E-state index in [1.807, 2.05) is 35.7 Å². The quantitative estimate of drug-likeness (QED) is 0.831. The van der Waals surface area contributed by atoms with Gasteiger partial charge < -0.3 is 15.0 Å². The van der Waals surface area contributed by atoms with Gasteiger partial charge in [-0.3, -0.25) is 9.59 Å². The van der Waals surface area contributed by atoms with Gasteiger partial charge in [-0.15, -0.1) is 23.1 Å². The maximum absolute atomic E-state index is 12.6. The summed E-state index contributed by atoms with van der Waals surface area (Å²) in [5.74, 6) is 0.987. The summed E-state index contributed by atoms with van der Waals surface area (Å²) < 4.78 is 5.49. The van der Waals surface area contributed by atoms with Crippen LogP contribution < -0.4 is 5.32 Å². The number of ether oxygens (including phenoxy) is 1. The molecule has 0 saturated carbocycles. The van der Waals surface area contributed by atoms with Crippen LogP contribution in [0, 0.1) is 0 Å². The number of amides is 2. The fraction of sp³-hybridized carbons (Fsp3) is 0.421. The molecule has 4 rings (SSSR count). The lowest BCUT2D eigenvalue weighted by molar-refractivity contribution is -0.145. The second-order valence-electron chi connectivity index (χ2n) is 6.55. The van der Waals surface area contributed by atoms with Gasteiger partial charge in [-0.2, -0.15) is 0 Å². The minimum atomic E-state index is -0.432. The lowest BCUT2D eigenvalue weighted by Gasteiger charge is -2.25. The van der Waals surface area contributed by atoms with Crippen LogP contribution in [0.2, 0.25) is 0 Å². The Bertz CT molecular complexity index is 806. The third kappa shape index (κ3) is 4.17. The molecule has 3 heterocycles. The summed E-state index contributed by atoms with van der Waals surface area (Å²) >= 11 is 3.17. The summed E-state index contributed by atoms with van der Waals surface area (Å²) in [7, 11) is 0. The molecule has 27 heavy (non-hydrogen) atoms. The summed E-state index contributed by atoms with van der Waals surface area (Å²) in [5.41, 5.74) is 1.90. The number of thiazole rings is 1. The Kier molecular flexibility index (Phi) is 5.75. The zero-order valence-electron chi connectivity index (χ0n) is 14.8. The summed E-state index contributed by atoms with van der Waals surface area (Å²) in [4.78, 5) is 31.5. The van der Waals surface area contributed by atoms with Crippen molar-refractivity contribution in [1.82, 2.24) is 15.2 Å². The molecule has 2 amide bonds. The Morgan fingerprint density at radius 2 is 2.15 bits per heavy atom. The van der Waals surface area contributed by atoms with Crippen molar-refractivity contribution in [2.75, 3.05) is 18.2 Å². The van der Waals surface area contributed by atoms with Gasteiger partial charge in [0.05, 0.1) is 18.1 Å². The third-order valence-electron chi connectivity index (χ3n) is 4.69. The van der Waals surface area contributed by atoms with E-state index in [0.717, 1.165) is 29.1 Å². The Balaban J connectivity index is 1.35. The van der Waals surface area contributed by atoms with E-state index in [1.165, 1.54) is 0 Å². The standard InChI is InChI=1S/C19H21N3O3S2/c23-17(15-11-26-12-22(15)19(24)16-7-4-8-25-16)20-9-14-10-27-18(21-14)13-5-2-1-3-6-13/h1-3,5-6,10,15-16H,4,7-9,11-12H2,(H,20,23)/t15-,16?/m1/s1. The lowest BCUT2D eigenvalue weighted by atomic mass is 10.2. The minimum Gasteiger partial charge on any atom is -0.368 e. The van der Waals surface area contributed by atoms with Crippen LogP contribution in [0.4, 0.5) is 0 Å². The van der Waals surface area contributed by atoms with Crippen LogP contribution >= 0.6 is 23.1 Å². The molecule has 6 nitrogen and oxygen atoms in total. The van der Waals surface area contributed by atoms with Crippen molar-refractivity contribution in [2.24, 2.45) is 0 Å². The molecule has 1 aromatic carbocycles. The Hall–Kier alpha value is -1.90. The molecule has 8 heteroatoms. The molecule has 0 spiro atoms. The maximum Gasteiger partial charge on any atom is 0.253 e. The van der Waals surface area contributed by atoms with Gasteiger partial charge in [-0.25, -0.2) is 4.98 Å². The first-order valence-corrected chi connectivity index (χ1v) is 11.0. The summed E-state index contributed by atoms with van der Waals surface area (Å²) in [6.07, 6.45) is 1.27. The second-order valence-corrected chi connectivity index (χ2v) is 8.41. The van der Waals surface area contributed by atoms with E-state index < -0.39 is 6.04 Å². The molecular weight excluding hydrogens is 382 g/mol. The van der Waals surface area contributed by atoms with Crippen molar-refractivity contribution in [3.05, 3.63) is 41.4 Å². The zero-order chi connectivity index (χ0) is 18.6. The molecule has 2 aliphatic heterocycles. The van der Waals surface area contributed by atoms with Crippen molar-refractivity contribution in [3.63, 3.8) is 0 Å². The van der Waals surface area contributed by atoms with Crippen LogP contribution in [-0.2, 0) is 20.9 Å². The molecule has 142 valence electrons. The highest BCUT2D eigenvalue weighted by atomic mass is 32.2. The average molecular weight is 404 g/mol. The first-order valence-electron chi connectivity index (χ1n) is 9.00. The molecule has 2 aliphatic rings. The largest absolute Gasteiger partial charge is 0.368 e. The SMILES string of the molecule is O=C(NCc1csc(-c2ccccc2)n1)[C@H]1CSCN1C(=O)C1CCCO1. The number of carbonyl (C=O) groups is 2. The molecule has 1 N–H and O–H groups in total. The van der Waals surface area contributed by atoms with Crippen LogP contribution in [0.25, 0.3) is 10.6 Å². The fourth-order valence-corrected chi connectivity index (χ4v) is 5.22. The van der Waals surface area contributed by atoms with Gasteiger partial charge in [-0.05, 0) is 12.8 Å². The molecule has 2 atom stereocenters. The third-order valence-corrected chi connectivity index (χ3v) is 6.64. The topological polar surface area (TPSA) is 71.5 Å². The number of benzene rings is 1. The summed E-state index contributed by atoms with van der Waals surface area (Å²) in [6.45, 7) is 0.993. The van der Waals surface area contributed by atoms with Gasteiger partial charge in [0.15, 0.2) is 0 Å². The number of hydrogen-bond donors (Lipinski definition) is 1. The Morgan fingerprint density at radius 3 is 2.93 bits per heavy atom. The Morgan fingerprint density at radius 1 is 1.30 bits per heavy atom. The number of rotatable bonds is 5. The second kappa shape index (κ2) is 8.41. The van der Waals surface area contributed by atoms with E-state index in [0.29, 0.717) is 24.8 Å². The highest BCUT2D eigenvalue weighted by molar-refractivity contribution is 7.99. The smallest absolute Gasteiger partial charge is 0.253 e. The van der Waals surface area contributed by atoms with Gasteiger partial charge in [-0.1, -0.05) is 30.3 Å². The van der Waals surface area contributed by atoms with Gasteiger partial charge in [0.2, 0.25) is 5.91 Å². The molecule has 0 bridgehead atoms. The van der Waals surface area contributed by atoms with E-state index in [-0.39, 0.29) is 17.9 Å². The highest BCUT2D eigenvalue weighted by Crippen LogP contribution is 2.26. The molecule has 0 radical (unpaired) electrons. The van der Waals surface area contributed by atoms with Gasteiger partial charge in [0, 0.05) is 23.3 Å². The highest BCUT2D eigenvalue weighted by Gasteiger charge is 2.38. The number of nitrogens with one attached hydrogen (secondary N) is 1. The first-order chi connectivity index (χ1) is 13.2. The van der Waals surface area contributed by atoms with Crippen LogP contribution in [0.15, 0.2) is 35.7 Å². The van der Waals surface area contributed by atoms with E-state index in [9.17, 15) is 9.59 Å². The number of aromatic nitrogens is 1. The number of thioether (sulfide) groups is 1. The molecular formula is C19H21N3O3S2. The van der Waals surface area contributed by atoms with Crippen LogP contribution in [0.5, 0.6) is 0 Å². The monoisotopic (exact) mass is 403 g/mol. The van der Waals surface area contributed by atoms with Crippen molar-refractivity contribution >= 4 is 34.9 Å². The van der Waals surface area contributed by atoms with Gasteiger partial charge >= 0.3 is 0 Å². The number of carbonyl (C=O) groups excluding carboxylic acids is 2. The average Bonchev–Trinajstić information content (AvgIpc) is 3.47. The minimum absolute atomic E-state index is 0.0577. The predicted molar refractivity (Wildman–Crippen MR) is 106 cm³/mol. The van der Waals surface area contributed by atoms with Crippen molar-refractivity contribution in [1.29, 1.82) is 0 Å². The van der Waals surface area contributed by atoms with Crippen LogP contribution in [0.1, 0.15) is 18.5 Å². The normalized spacial score (nSPS) is 22.1. The van der Waals surface area contributed by atoms with Crippen LogP contribution in [0.3, 0.4) is 0 Å². The first kappa shape index (κ1) is 18.5. The van der Waals surface area contributed by atoms with Crippen molar-refractivity contribution < 1.29 is 14.3 Å². The van der Waals surface area contributed by atoms with E-state index in [2.05, 4.69) is 10.3 Å². The van der Waals surface area contributed by atoms with E-state index >= 15 is 0 Å². The molecule has 2 fully saturated rings. The zero-order valence-corrected chi connectivity index (χ0v) is 16.4. The number of hydrogen-bond acceptors (Lipinski definition) is 6. The predicted octanol–water partition coefficient (Wildman–Crippen LogP) is 2.51. The van der Waals surface area contributed by atoms with Crippen molar-refractivity contribution in [2.45, 2.75) is 31.5 Å². The van der Waals surface area contributed by atoms with Gasteiger partial charge in [0.1, 0.15) is 17.2 Å². The van der Waals surface area contributed by atoms with Crippen molar-refractivity contribution in [3.8, 4) is 10.6 Å². The molecule has 1 aromatic heterocycles. The summed E-state index contributed by atoms with van der Waals surface area (Å²) in [6, 6.07) is 9.54. The van der Waals surface area contributed by atoms with E-state index in [1.54, 1.807) is 28.0 Å². The fourth-order valence-electron chi connectivity index (χ4n) is 3.23. The van der Waals surface area contributed by atoms with Crippen LogP contribution in [-0.4, -0.2) is 52.1 Å². The molecule has 2 saturated heterocycles.